The van der Waals surface area contributed by atoms with Gasteiger partial charge in [0.15, 0.2) is 0 Å². The molecule has 19 heavy (non-hydrogen) atoms. The molecule has 1 aromatic rings. The average molecular weight is 265 g/mol. The fraction of sp³-hybridized carbons (Fsp3) is 0.625. The SMILES string of the molecule is C=CCCCOCc1cc(C)c(CNCC(C)C)o1. The second-order valence-electron chi connectivity index (χ2n) is 5.33. The monoisotopic (exact) mass is 265 g/mol. The van der Waals surface area contributed by atoms with Crippen molar-refractivity contribution >= 4 is 0 Å². The van der Waals surface area contributed by atoms with E-state index in [9.17, 15) is 0 Å². The Labute approximate surface area is 117 Å². The minimum atomic E-state index is 0.558. The summed E-state index contributed by atoms with van der Waals surface area (Å²) in [6, 6.07) is 2.07. The molecule has 0 radical (unpaired) electrons. The average Bonchev–Trinajstić information content (AvgIpc) is 2.69. The highest BCUT2D eigenvalue weighted by atomic mass is 16.5. The molecular weight excluding hydrogens is 238 g/mol. The highest BCUT2D eigenvalue weighted by Crippen LogP contribution is 2.15. The van der Waals surface area contributed by atoms with Crippen LogP contribution in [0.3, 0.4) is 0 Å². The van der Waals surface area contributed by atoms with Gasteiger partial charge in [0.2, 0.25) is 0 Å². The number of ether oxygens (including phenoxy) is 1. The van der Waals surface area contributed by atoms with E-state index >= 15 is 0 Å². The molecule has 0 bridgehead atoms. The molecule has 1 rings (SSSR count). The van der Waals surface area contributed by atoms with Crippen LogP contribution in [0.5, 0.6) is 0 Å². The number of allylic oxidation sites excluding steroid dienone is 1. The van der Waals surface area contributed by atoms with Crippen molar-refractivity contribution in [3.8, 4) is 0 Å². The van der Waals surface area contributed by atoms with Crippen molar-refractivity contribution in [3.05, 3.63) is 35.8 Å². The normalized spacial score (nSPS) is 11.2. The summed E-state index contributed by atoms with van der Waals surface area (Å²) in [5.41, 5.74) is 1.20. The maximum atomic E-state index is 5.80. The minimum Gasteiger partial charge on any atom is -0.462 e. The van der Waals surface area contributed by atoms with Crippen molar-refractivity contribution in [2.75, 3.05) is 13.2 Å². The highest BCUT2D eigenvalue weighted by Gasteiger charge is 2.07. The van der Waals surface area contributed by atoms with E-state index in [4.69, 9.17) is 9.15 Å². The van der Waals surface area contributed by atoms with Crippen LogP contribution in [0.25, 0.3) is 0 Å². The molecule has 0 unspecified atom stereocenters. The van der Waals surface area contributed by atoms with Gasteiger partial charge in [-0.25, -0.2) is 0 Å². The van der Waals surface area contributed by atoms with Crippen LogP contribution in [0.15, 0.2) is 23.1 Å². The molecule has 3 heteroatoms. The third-order valence-electron chi connectivity index (χ3n) is 2.85. The Morgan fingerprint density at radius 3 is 2.95 bits per heavy atom. The molecule has 0 spiro atoms. The summed E-state index contributed by atoms with van der Waals surface area (Å²) in [4.78, 5) is 0. The minimum absolute atomic E-state index is 0.558. The number of furan rings is 1. The molecule has 1 aromatic heterocycles. The third-order valence-corrected chi connectivity index (χ3v) is 2.85. The Bertz CT molecular complexity index is 369. The van der Waals surface area contributed by atoms with E-state index in [1.807, 2.05) is 6.08 Å². The molecule has 0 saturated carbocycles. The van der Waals surface area contributed by atoms with Crippen molar-refractivity contribution in [1.29, 1.82) is 0 Å². The molecule has 0 aliphatic heterocycles. The van der Waals surface area contributed by atoms with E-state index in [0.717, 1.165) is 44.1 Å². The van der Waals surface area contributed by atoms with Crippen LogP contribution in [-0.4, -0.2) is 13.2 Å². The van der Waals surface area contributed by atoms with Crippen LogP contribution in [0.2, 0.25) is 0 Å². The van der Waals surface area contributed by atoms with Gasteiger partial charge in [0.05, 0.1) is 6.54 Å². The van der Waals surface area contributed by atoms with Gasteiger partial charge >= 0.3 is 0 Å². The smallest absolute Gasteiger partial charge is 0.130 e. The van der Waals surface area contributed by atoms with Gasteiger partial charge in [-0.3, -0.25) is 0 Å². The summed E-state index contributed by atoms with van der Waals surface area (Å²) in [6.07, 6.45) is 3.94. The summed E-state index contributed by atoms with van der Waals surface area (Å²) < 4.78 is 11.4. The molecule has 0 aromatic carbocycles. The van der Waals surface area contributed by atoms with Crippen LogP contribution in [0.1, 0.15) is 43.8 Å². The zero-order valence-electron chi connectivity index (χ0n) is 12.5. The summed E-state index contributed by atoms with van der Waals surface area (Å²) in [5.74, 6) is 2.59. The van der Waals surface area contributed by atoms with E-state index in [1.165, 1.54) is 5.56 Å². The van der Waals surface area contributed by atoms with Crippen LogP contribution in [0.4, 0.5) is 0 Å². The third kappa shape index (κ3) is 6.60. The molecule has 0 aliphatic rings. The first-order chi connectivity index (χ1) is 9.13. The van der Waals surface area contributed by atoms with Crippen molar-refractivity contribution in [2.45, 2.75) is 46.8 Å². The Morgan fingerprint density at radius 2 is 2.26 bits per heavy atom. The molecule has 3 nitrogen and oxygen atoms in total. The van der Waals surface area contributed by atoms with Gasteiger partial charge in [0.25, 0.3) is 0 Å². The van der Waals surface area contributed by atoms with Crippen molar-refractivity contribution < 1.29 is 9.15 Å². The van der Waals surface area contributed by atoms with Gasteiger partial charge in [0.1, 0.15) is 18.1 Å². The van der Waals surface area contributed by atoms with Gasteiger partial charge in [-0.05, 0) is 43.9 Å². The summed E-state index contributed by atoms with van der Waals surface area (Å²) in [7, 11) is 0. The van der Waals surface area contributed by atoms with Crippen molar-refractivity contribution in [2.24, 2.45) is 5.92 Å². The molecule has 0 amide bonds. The Hall–Kier alpha value is -1.06. The van der Waals surface area contributed by atoms with Crippen LogP contribution in [-0.2, 0) is 17.9 Å². The lowest BCUT2D eigenvalue weighted by atomic mass is 10.2. The molecular formula is C16H27NO2. The van der Waals surface area contributed by atoms with Gasteiger partial charge in [-0.2, -0.15) is 0 Å². The molecule has 0 aliphatic carbocycles. The molecule has 1 heterocycles. The Kier molecular flexibility index (Phi) is 7.53. The van der Waals surface area contributed by atoms with Crippen molar-refractivity contribution in [1.82, 2.24) is 5.32 Å². The van der Waals surface area contributed by atoms with Crippen LogP contribution < -0.4 is 5.32 Å². The fourth-order valence-corrected chi connectivity index (χ4v) is 1.81. The van der Waals surface area contributed by atoms with Crippen LogP contribution in [0, 0.1) is 12.8 Å². The van der Waals surface area contributed by atoms with Crippen molar-refractivity contribution in [3.63, 3.8) is 0 Å². The number of rotatable bonds is 10. The molecule has 108 valence electrons. The fourth-order valence-electron chi connectivity index (χ4n) is 1.81. The van der Waals surface area contributed by atoms with Crippen LogP contribution >= 0.6 is 0 Å². The van der Waals surface area contributed by atoms with E-state index in [2.05, 4.69) is 38.7 Å². The van der Waals surface area contributed by atoms with Gasteiger partial charge in [-0.1, -0.05) is 19.9 Å². The largest absolute Gasteiger partial charge is 0.462 e. The molecule has 0 atom stereocenters. The molecule has 0 fully saturated rings. The Balaban J connectivity index is 2.30. The van der Waals surface area contributed by atoms with E-state index in [0.29, 0.717) is 12.5 Å². The maximum Gasteiger partial charge on any atom is 0.130 e. The second-order valence-corrected chi connectivity index (χ2v) is 5.33. The lowest BCUT2D eigenvalue weighted by molar-refractivity contribution is 0.103. The first-order valence-electron chi connectivity index (χ1n) is 7.11. The molecule has 1 N–H and O–H groups in total. The highest BCUT2D eigenvalue weighted by molar-refractivity contribution is 5.19. The predicted molar refractivity (Wildman–Crippen MR) is 79.1 cm³/mol. The van der Waals surface area contributed by atoms with E-state index < -0.39 is 0 Å². The first-order valence-corrected chi connectivity index (χ1v) is 7.11. The Morgan fingerprint density at radius 1 is 1.47 bits per heavy atom. The van der Waals surface area contributed by atoms with Gasteiger partial charge in [-0.15, -0.1) is 6.58 Å². The zero-order chi connectivity index (χ0) is 14.1. The summed E-state index contributed by atoms with van der Waals surface area (Å²) >= 11 is 0. The second kappa shape index (κ2) is 8.94. The number of hydrogen-bond donors (Lipinski definition) is 1. The van der Waals surface area contributed by atoms with E-state index in [-0.39, 0.29) is 0 Å². The quantitative estimate of drug-likeness (QED) is 0.516. The van der Waals surface area contributed by atoms with Gasteiger partial charge in [0, 0.05) is 6.61 Å². The lowest BCUT2D eigenvalue weighted by Crippen LogP contribution is -2.18. The number of aryl methyl sites for hydroxylation is 1. The predicted octanol–water partition coefficient (Wildman–Crippen LogP) is 3.82. The number of nitrogens with one attached hydrogen (secondary N) is 1. The maximum absolute atomic E-state index is 5.80. The number of hydrogen-bond acceptors (Lipinski definition) is 3. The van der Waals surface area contributed by atoms with Gasteiger partial charge < -0.3 is 14.5 Å². The zero-order valence-corrected chi connectivity index (χ0v) is 12.5. The molecule has 0 saturated heterocycles. The summed E-state index contributed by atoms with van der Waals surface area (Å²) in [6.45, 7) is 13.3. The lowest BCUT2D eigenvalue weighted by Gasteiger charge is -2.06. The topological polar surface area (TPSA) is 34.4 Å². The summed E-state index contributed by atoms with van der Waals surface area (Å²) in [5, 5.41) is 3.39. The number of unbranched alkanes of at least 4 members (excludes halogenated alkanes) is 1. The van der Waals surface area contributed by atoms with E-state index in [1.54, 1.807) is 0 Å². The first kappa shape index (κ1) is 16.0. The standard InChI is InChI=1S/C16H27NO2/c1-5-6-7-8-18-12-15-9-14(4)16(19-15)11-17-10-13(2)3/h5,9,13,17H,1,6-8,10-12H2,2-4H3.